The molecule has 2 saturated carbocycles. The van der Waals surface area contributed by atoms with Gasteiger partial charge in [0.15, 0.2) is 0 Å². The van der Waals surface area contributed by atoms with Crippen LogP contribution < -0.4 is 0 Å². The average molecular weight is 1030 g/mol. The van der Waals surface area contributed by atoms with Crippen molar-refractivity contribution in [1.82, 2.24) is 0 Å². The average Bonchev–Trinajstić information content (AvgIpc) is 4.14. The summed E-state index contributed by atoms with van der Waals surface area (Å²) < 4.78 is 0. The molecule has 0 heteroatoms. The van der Waals surface area contributed by atoms with E-state index in [-0.39, 0.29) is 10.8 Å². The molecule has 0 radical (unpaired) electrons. The molecule has 0 nitrogen and oxygen atoms in total. The van der Waals surface area contributed by atoms with Crippen LogP contribution in [0, 0.1) is 27.7 Å². The molecule has 1 unspecified atom stereocenters. The van der Waals surface area contributed by atoms with Crippen LogP contribution in [0.25, 0.3) is 54.9 Å². The van der Waals surface area contributed by atoms with Gasteiger partial charge in [-0.15, -0.1) is 0 Å². The van der Waals surface area contributed by atoms with Crippen molar-refractivity contribution in [2.45, 2.75) is 149 Å². The van der Waals surface area contributed by atoms with Crippen LogP contribution in [0.2, 0.25) is 0 Å². The highest BCUT2D eigenvalue weighted by Crippen LogP contribution is 2.59. The molecular weight excluding hydrogens is 949 g/mol. The summed E-state index contributed by atoms with van der Waals surface area (Å²) in [5, 5.41) is 5.71. The van der Waals surface area contributed by atoms with E-state index in [1.54, 1.807) is 22.3 Å². The lowest BCUT2D eigenvalue weighted by Crippen LogP contribution is -2.28. The lowest BCUT2D eigenvalue weighted by atomic mass is 9.67. The molecule has 2 fully saturated rings. The van der Waals surface area contributed by atoms with Gasteiger partial charge < -0.3 is 0 Å². The molecule has 0 N–H and O–H groups in total. The Morgan fingerprint density at radius 2 is 0.734 bits per heavy atom. The Morgan fingerprint density at radius 1 is 0.367 bits per heavy atom. The van der Waals surface area contributed by atoms with Crippen LogP contribution in [0.1, 0.15) is 159 Å². The molecule has 0 heterocycles. The van der Waals surface area contributed by atoms with Crippen LogP contribution >= 0.6 is 0 Å². The highest BCUT2D eigenvalue weighted by molar-refractivity contribution is 6.05. The highest BCUT2D eigenvalue weighted by atomic mass is 14.5. The van der Waals surface area contributed by atoms with Gasteiger partial charge in [-0.05, 0) is 172 Å². The molecule has 79 heavy (non-hydrogen) atoms. The Hall–Kier alpha value is -7.28. The van der Waals surface area contributed by atoms with Crippen LogP contribution in [0.15, 0.2) is 218 Å². The summed E-state index contributed by atoms with van der Waals surface area (Å²) in [5.74, 6) is 0.709. The fourth-order valence-corrected chi connectivity index (χ4v) is 13.8. The monoisotopic (exact) mass is 1030 g/mol. The van der Waals surface area contributed by atoms with Gasteiger partial charge in [0.25, 0.3) is 0 Å². The van der Waals surface area contributed by atoms with E-state index in [0.717, 1.165) is 0 Å². The summed E-state index contributed by atoms with van der Waals surface area (Å²) >= 11 is 0. The van der Waals surface area contributed by atoms with Gasteiger partial charge >= 0.3 is 0 Å². The van der Waals surface area contributed by atoms with Crippen molar-refractivity contribution in [1.29, 1.82) is 0 Å². The topological polar surface area (TPSA) is 0 Å². The van der Waals surface area contributed by atoms with E-state index in [1.807, 2.05) is 0 Å². The third kappa shape index (κ3) is 11.6. The minimum absolute atomic E-state index is 0.277. The van der Waals surface area contributed by atoms with E-state index in [2.05, 4.69) is 267 Å². The van der Waals surface area contributed by atoms with Crippen molar-refractivity contribution in [2.24, 2.45) is 0 Å². The van der Waals surface area contributed by atoms with Gasteiger partial charge in [0, 0.05) is 10.8 Å². The summed E-state index contributed by atoms with van der Waals surface area (Å²) in [6.45, 7) is 15.5. The molecule has 1 atom stereocenters. The molecule has 0 aromatic heterocycles. The molecular formula is C79H84. The van der Waals surface area contributed by atoms with Crippen molar-refractivity contribution in [3.63, 3.8) is 0 Å². The molecule has 0 bridgehead atoms. The third-order valence-electron chi connectivity index (χ3n) is 18.2. The number of hydrogen-bond donors (Lipinski definition) is 0. The van der Waals surface area contributed by atoms with Gasteiger partial charge in [0.2, 0.25) is 0 Å². The fourth-order valence-electron chi connectivity index (χ4n) is 13.8. The first-order chi connectivity index (χ1) is 38.7. The molecule has 2 spiro atoms. The summed E-state index contributed by atoms with van der Waals surface area (Å²) in [6.07, 6.45) is 17.2. The predicted octanol–water partition coefficient (Wildman–Crippen LogP) is 22.6. The molecule has 0 saturated heterocycles. The van der Waals surface area contributed by atoms with Crippen molar-refractivity contribution in [3.8, 4) is 33.4 Å². The number of rotatable bonds is 5. The summed E-state index contributed by atoms with van der Waals surface area (Å²) in [4.78, 5) is 0. The summed E-state index contributed by atoms with van der Waals surface area (Å²) in [7, 11) is 0. The molecule has 14 rings (SSSR count). The largest absolute Gasteiger partial charge is 0.0651 e. The zero-order chi connectivity index (χ0) is 54.8. The number of benzene rings is 10. The standard InChI is InChI=1S/2C23H22.C14H14.C10H14.C9H12/c2*1-16-15-21-22(18-10-4-3-9-17(16)18)19-11-5-6-12-20(19)23(21)13-7-2-8-14-23;1-11-3-7-13(8-4-11)14-9-5-12(2)6-10-14;1-3-9(2)10-7-5-4-6-8-10;1-2-6-9-7-4-3-5-8-9/h2*3-6,9-12,15H,2,7-8,13-14H2,1H3;3-10H,1-2H3;4-9H,3H2,1-2H3;3-5,7-8H,2,6H2,1H3. The zero-order valence-electron chi connectivity index (χ0n) is 48.6. The Kier molecular flexibility index (Phi) is 17.6. The first-order valence-electron chi connectivity index (χ1n) is 30.1. The maximum atomic E-state index is 2.50. The van der Waals surface area contributed by atoms with Gasteiger partial charge in [-0.3, -0.25) is 0 Å². The second-order valence-corrected chi connectivity index (χ2v) is 23.4. The van der Waals surface area contributed by atoms with Crippen LogP contribution in [0.4, 0.5) is 0 Å². The van der Waals surface area contributed by atoms with E-state index >= 15 is 0 Å². The minimum Gasteiger partial charge on any atom is -0.0651 e. The Balaban J connectivity index is 0.000000117. The number of fused-ring (bicyclic) bond motifs is 14. The van der Waals surface area contributed by atoms with Crippen molar-refractivity contribution >= 4 is 21.5 Å². The van der Waals surface area contributed by atoms with Gasteiger partial charge in [0.1, 0.15) is 0 Å². The third-order valence-corrected chi connectivity index (χ3v) is 18.2. The van der Waals surface area contributed by atoms with Gasteiger partial charge in [-0.25, -0.2) is 0 Å². The van der Waals surface area contributed by atoms with Crippen molar-refractivity contribution < 1.29 is 0 Å². The maximum Gasteiger partial charge on any atom is 0.0215 e. The first-order valence-corrected chi connectivity index (χ1v) is 30.1. The predicted molar refractivity (Wildman–Crippen MR) is 343 cm³/mol. The molecule has 4 aliphatic carbocycles. The van der Waals surface area contributed by atoms with Crippen molar-refractivity contribution in [2.75, 3.05) is 0 Å². The molecule has 4 aliphatic rings. The van der Waals surface area contributed by atoms with Crippen LogP contribution in [-0.4, -0.2) is 0 Å². The van der Waals surface area contributed by atoms with E-state index in [9.17, 15) is 0 Å². The van der Waals surface area contributed by atoms with Crippen LogP contribution in [-0.2, 0) is 17.3 Å². The van der Waals surface area contributed by atoms with E-state index in [4.69, 9.17) is 0 Å². The van der Waals surface area contributed by atoms with Crippen LogP contribution in [0.3, 0.4) is 0 Å². The fraction of sp³-hybridized carbons (Fsp3) is 0.291. The minimum atomic E-state index is 0.277. The molecule has 10 aromatic carbocycles. The van der Waals surface area contributed by atoms with E-state index in [0.29, 0.717) is 5.92 Å². The summed E-state index contributed by atoms with van der Waals surface area (Å²) in [6, 6.07) is 79.7. The molecule has 400 valence electrons. The lowest BCUT2D eigenvalue weighted by molar-refractivity contribution is 0.353. The molecule has 10 aromatic rings. The first kappa shape index (κ1) is 55.1. The Labute approximate surface area is 475 Å². The quantitative estimate of drug-likeness (QED) is 0.161. The van der Waals surface area contributed by atoms with Crippen LogP contribution in [0.5, 0.6) is 0 Å². The number of aryl methyl sites for hydroxylation is 5. The van der Waals surface area contributed by atoms with E-state index < -0.39 is 0 Å². The normalized spacial score (nSPS) is 15.1. The lowest BCUT2D eigenvalue weighted by Gasteiger charge is -2.36. The SMILES string of the molecule is CCC(C)c1ccccc1.CCCc1ccccc1.Cc1cc2c(c3ccccc13)-c1ccccc1C21CCCCC1.Cc1cc2c(c3ccccc13)-c1ccccc1C21CCCCC1.Cc1ccc(-c2ccc(C)cc2)cc1. The van der Waals surface area contributed by atoms with E-state index in [1.165, 1.54) is 172 Å². The second kappa shape index (κ2) is 25.2. The Bertz CT molecular complexity index is 3390. The molecule has 0 aliphatic heterocycles. The number of hydrogen-bond acceptors (Lipinski definition) is 0. The summed E-state index contributed by atoms with van der Waals surface area (Å²) in [5.41, 5.74) is 23.9. The maximum absolute atomic E-state index is 2.50. The van der Waals surface area contributed by atoms with Gasteiger partial charge in [0.05, 0.1) is 0 Å². The highest BCUT2D eigenvalue weighted by Gasteiger charge is 2.45. The van der Waals surface area contributed by atoms with Gasteiger partial charge in [-0.1, -0.05) is 295 Å². The smallest absolute Gasteiger partial charge is 0.0215 e. The Morgan fingerprint density at radius 3 is 1.14 bits per heavy atom. The van der Waals surface area contributed by atoms with Crippen molar-refractivity contribution in [3.05, 3.63) is 274 Å². The second-order valence-electron chi connectivity index (χ2n) is 23.4. The van der Waals surface area contributed by atoms with Gasteiger partial charge in [-0.2, -0.15) is 0 Å². The zero-order valence-corrected chi connectivity index (χ0v) is 48.6. The molecule has 0 amide bonds.